The second-order valence-electron chi connectivity index (χ2n) is 4.98. The van der Waals surface area contributed by atoms with Gasteiger partial charge in [0.25, 0.3) is 0 Å². The van der Waals surface area contributed by atoms with Gasteiger partial charge in [-0.15, -0.1) is 0 Å². The molecule has 0 unspecified atom stereocenters. The van der Waals surface area contributed by atoms with Gasteiger partial charge in [0.1, 0.15) is 23.5 Å². The average molecular weight is 288 g/mol. The Hall–Kier alpha value is -2.46. The molecule has 7 heteroatoms. The number of nitriles is 1. The minimum atomic E-state index is -0.600. The molecule has 1 aliphatic heterocycles. The predicted octanol–water partition coefficient (Wildman–Crippen LogP) is 1.70. The first-order valence-electron chi connectivity index (χ1n) is 6.53. The largest absolute Gasteiger partial charge is 0.391 e. The zero-order valence-electron chi connectivity index (χ0n) is 11.3. The standard InChI is InChI=1S/C14H13FN4O2/c1-8-17-14(21-18-8)13-5-9(20)7-19(13)12-4-2-3-11(15)10(12)6-16/h2-4,9,13,20H,5,7H2,1H3/t9-,13-/m1/s1. The van der Waals surface area contributed by atoms with Crippen LogP contribution in [0, 0.1) is 24.1 Å². The molecule has 1 saturated heterocycles. The molecule has 0 radical (unpaired) electrons. The van der Waals surface area contributed by atoms with Gasteiger partial charge in [0.05, 0.1) is 11.8 Å². The zero-order valence-corrected chi connectivity index (χ0v) is 11.3. The van der Waals surface area contributed by atoms with E-state index < -0.39 is 11.9 Å². The lowest BCUT2D eigenvalue weighted by molar-refractivity contribution is 0.191. The van der Waals surface area contributed by atoms with Crippen molar-refractivity contribution in [1.82, 2.24) is 10.1 Å². The van der Waals surface area contributed by atoms with Crippen molar-refractivity contribution >= 4 is 5.69 Å². The molecule has 21 heavy (non-hydrogen) atoms. The molecule has 6 nitrogen and oxygen atoms in total. The van der Waals surface area contributed by atoms with Crippen molar-refractivity contribution in [2.24, 2.45) is 0 Å². The number of aromatic nitrogens is 2. The van der Waals surface area contributed by atoms with Crippen LogP contribution in [0.15, 0.2) is 22.7 Å². The Labute approximate surface area is 120 Å². The van der Waals surface area contributed by atoms with Crippen LogP contribution in [-0.2, 0) is 0 Å². The van der Waals surface area contributed by atoms with E-state index in [1.54, 1.807) is 17.9 Å². The second-order valence-corrected chi connectivity index (χ2v) is 4.98. The lowest BCUT2D eigenvalue weighted by atomic mass is 10.1. The highest BCUT2D eigenvalue weighted by Crippen LogP contribution is 2.37. The number of anilines is 1. The van der Waals surface area contributed by atoms with Crippen LogP contribution in [-0.4, -0.2) is 27.9 Å². The van der Waals surface area contributed by atoms with Crippen molar-refractivity contribution in [3.63, 3.8) is 0 Å². The third-order valence-corrected chi connectivity index (χ3v) is 3.52. The van der Waals surface area contributed by atoms with Gasteiger partial charge in [-0.3, -0.25) is 0 Å². The maximum atomic E-state index is 13.8. The van der Waals surface area contributed by atoms with Crippen molar-refractivity contribution in [2.75, 3.05) is 11.4 Å². The van der Waals surface area contributed by atoms with Gasteiger partial charge in [-0.1, -0.05) is 11.2 Å². The molecule has 1 aromatic carbocycles. The molecule has 108 valence electrons. The van der Waals surface area contributed by atoms with Gasteiger partial charge < -0.3 is 14.5 Å². The topological polar surface area (TPSA) is 86.2 Å². The van der Waals surface area contributed by atoms with E-state index in [4.69, 9.17) is 9.78 Å². The van der Waals surface area contributed by atoms with Gasteiger partial charge in [0, 0.05) is 13.0 Å². The van der Waals surface area contributed by atoms with Crippen LogP contribution in [0.5, 0.6) is 0 Å². The summed E-state index contributed by atoms with van der Waals surface area (Å²) in [5, 5.41) is 22.8. The fourth-order valence-corrected chi connectivity index (χ4v) is 2.63. The van der Waals surface area contributed by atoms with Crippen molar-refractivity contribution in [1.29, 1.82) is 5.26 Å². The van der Waals surface area contributed by atoms with E-state index in [2.05, 4.69) is 10.1 Å². The van der Waals surface area contributed by atoms with Gasteiger partial charge in [-0.2, -0.15) is 10.2 Å². The van der Waals surface area contributed by atoms with E-state index in [0.29, 0.717) is 23.8 Å². The number of benzene rings is 1. The summed E-state index contributed by atoms with van der Waals surface area (Å²) < 4.78 is 18.9. The Morgan fingerprint density at radius 2 is 2.33 bits per heavy atom. The Morgan fingerprint density at radius 1 is 1.52 bits per heavy atom. The minimum absolute atomic E-state index is 0.0483. The Bertz CT molecular complexity index is 709. The normalized spacial score (nSPS) is 21.5. The van der Waals surface area contributed by atoms with Crippen LogP contribution in [0.25, 0.3) is 0 Å². The number of aliphatic hydroxyl groups is 1. The summed E-state index contributed by atoms with van der Waals surface area (Å²) in [4.78, 5) is 5.91. The molecule has 1 aliphatic rings. The smallest absolute Gasteiger partial charge is 0.249 e. The highest BCUT2D eigenvalue weighted by atomic mass is 19.1. The molecule has 0 bridgehead atoms. The molecule has 0 spiro atoms. The summed E-state index contributed by atoms with van der Waals surface area (Å²) in [6, 6.07) is 5.92. The van der Waals surface area contributed by atoms with E-state index in [1.807, 2.05) is 6.07 Å². The first-order valence-corrected chi connectivity index (χ1v) is 6.53. The summed E-state index contributed by atoms with van der Waals surface area (Å²) in [6.07, 6.45) is -0.208. The molecule has 2 atom stereocenters. The number of aryl methyl sites for hydroxylation is 1. The number of rotatable bonds is 2. The lowest BCUT2D eigenvalue weighted by Gasteiger charge is -2.24. The van der Waals surface area contributed by atoms with Gasteiger partial charge >= 0.3 is 0 Å². The first kappa shape index (κ1) is 13.5. The van der Waals surface area contributed by atoms with Gasteiger partial charge in [0.2, 0.25) is 5.89 Å². The lowest BCUT2D eigenvalue weighted by Crippen LogP contribution is -2.25. The number of hydrogen-bond acceptors (Lipinski definition) is 6. The SMILES string of the molecule is Cc1noc([C@H]2C[C@@H](O)CN2c2cccc(F)c2C#N)n1. The number of aliphatic hydroxyl groups excluding tert-OH is 1. The Balaban J connectivity index is 2.04. The van der Waals surface area contributed by atoms with Crippen LogP contribution in [0.3, 0.4) is 0 Å². The third kappa shape index (κ3) is 2.34. The summed E-state index contributed by atoms with van der Waals surface area (Å²) in [5.74, 6) is 0.264. The molecule has 0 amide bonds. The van der Waals surface area contributed by atoms with E-state index in [1.165, 1.54) is 12.1 Å². The molecule has 1 aromatic heterocycles. The van der Waals surface area contributed by atoms with Crippen molar-refractivity contribution < 1.29 is 14.0 Å². The zero-order chi connectivity index (χ0) is 15.0. The Morgan fingerprint density at radius 3 is 3.00 bits per heavy atom. The van der Waals surface area contributed by atoms with Crippen LogP contribution in [0.4, 0.5) is 10.1 Å². The molecule has 2 heterocycles. The van der Waals surface area contributed by atoms with Gasteiger partial charge in [0.15, 0.2) is 5.82 Å². The highest BCUT2D eigenvalue weighted by Gasteiger charge is 2.37. The summed E-state index contributed by atoms with van der Waals surface area (Å²) in [5.41, 5.74) is 0.378. The monoisotopic (exact) mass is 288 g/mol. The van der Waals surface area contributed by atoms with Crippen molar-refractivity contribution in [3.05, 3.63) is 41.3 Å². The number of nitrogens with zero attached hydrogens (tertiary/aromatic N) is 4. The number of β-amino-alcohol motifs (C(OH)–C–C–N with tert-alkyl or cyclic N) is 1. The first-order chi connectivity index (χ1) is 10.1. The third-order valence-electron chi connectivity index (χ3n) is 3.52. The molecule has 0 aliphatic carbocycles. The number of halogens is 1. The molecule has 2 aromatic rings. The molecular formula is C14H13FN4O2. The summed E-state index contributed by atoms with van der Waals surface area (Å²) in [7, 11) is 0. The van der Waals surface area contributed by atoms with E-state index in [9.17, 15) is 9.50 Å². The molecule has 0 saturated carbocycles. The van der Waals surface area contributed by atoms with Crippen molar-refractivity contribution in [2.45, 2.75) is 25.5 Å². The van der Waals surface area contributed by atoms with Crippen LogP contribution >= 0.6 is 0 Å². The summed E-state index contributed by atoms with van der Waals surface area (Å²) in [6.45, 7) is 1.98. The van der Waals surface area contributed by atoms with E-state index in [-0.39, 0.29) is 18.2 Å². The number of hydrogen-bond donors (Lipinski definition) is 1. The highest BCUT2D eigenvalue weighted by molar-refractivity contribution is 5.61. The predicted molar refractivity (Wildman–Crippen MR) is 70.9 cm³/mol. The fraction of sp³-hybridized carbons (Fsp3) is 0.357. The fourth-order valence-electron chi connectivity index (χ4n) is 2.63. The quantitative estimate of drug-likeness (QED) is 0.905. The van der Waals surface area contributed by atoms with Crippen LogP contribution < -0.4 is 4.90 Å². The minimum Gasteiger partial charge on any atom is -0.391 e. The van der Waals surface area contributed by atoms with Gasteiger partial charge in [-0.05, 0) is 19.1 Å². The summed E-state index contributed by atoms with van der Waals surface area (Å²) >= 11 is 0. The van der Waals surface area contributed by atoms with Crippen LogP contribution in [0.1, 0.15) is 29.7 Å². The molecule has 3 rings (SSSR count). The average Bonchev–Trinajstić information content (AvgIpc) is 3.04. The maximum Gasteiger partial charge on any atom is 0.249 e. The molecular weight excluding hydrogens is 275 g/mol. The maximum absolute atomic E-state index is 13.8. The Kier molecular flexibility index (Phi) is 3.31. The van der Waals surface area contributed by atoms with E-state index >= 15 is 0 Å². The second kappa shape index (κ2) is 5.14. The molecule has 1 fully saturated rings. The van der Waals surface area contributed by atoms with Crippen molar-refractivity contribution in [3.8, 4) is 6.07 Å². The van der Waals surface area contributed by atoms with Gasteiger partial charge in [-0.25, -0.2) is 4.39 Å². The van der Waals surface area contributed by atoms with Crippen LogP contribution in [0.2, 0.25) is 0 Å². The molecule has 1 N–H and O–H groups in total. The van der Waals surface area contributed by atoms with E-state index in [0.717, 1.165) is 0 Å².